The van der Waals surface area contributed by atoms with Crippen molar-refractivity contribution in [1.29, 1.82) is 0 Å². The number of hydrogen-bond acceptors (Lipinski definition) is 5. The molecule has 168 valence electrons. The van der Waals surface area contributed by atoms with Crippen LogP contribution in [0.5, 0.6) is 0 Å². The second-order valence-electron chi connectivity index (χ2n) is 10.8. The van der Waals surface area contributed by atoms with E-state index in [1.165, 1.54) is 31.1 Å². The van der Waals surface area contributed by atoms with Crippen LogP contribution in [0.3, 0.4) is 0 Å². The van der Waals surface area contributed by atoms with Gasteiger partial charge in [-0.25, -0.2) is 0 Å². The Hall–Kier alpha value is 0.884. The quantitative estimate of drug-likeness (QED) is 0.349. The zero-order chi connectivity index (χ0) is 21.9. The molecular weight excluding hydrogens is 435 g/mol. The van der Waals surface area contributed by atoms with E-state index >= 15 is 0 Å². The molecule has 0 saturated carbocycles. The Kier molecular flexibility index (Phi) is 9.62. The molecule has 0 aromatic carbocycles. The molecule has 1 aliphatic rings. The largest absolute Gasteiger partial charge is 0.499 e. The molecule has 1 heterocycles. The third-order valence-electron chi connectivity index (χ3n) is 6.49. The van der Waals surface area contributed by atoms with E-state index in [9.17, 15) is 0 Å². The highest BCUT2D eigenvalue weighted by Crippen LogP contribution is 2.37. The number of nitrogens with zero attached hydrogens (tertiary/aromatic N) is 1. The van der Waals surface area contributed by atoms with E-state index in [1.54, 1.807) is 21.3 Å². The van der Waals surface area contributed by atoms with Crippen LogP contribution in [0.25, 0.3) is 0 Å². The van der Waals surface area contributed by atoms with Gasteiger partial charge in [-0.05, 0) is 63.3 Å². The average Bonchev–Trinajstić information content (AvgIpc) is 2.78. The Morgan fingerprint density at radius 2 is 1.14 bits per heavy atom. The van der Waals surface area contributed by atoms with Crippen LogP contribution in [-0.4, -0.2) is 74.0 Å². The van der Waals surface area contributed by atoms with Gasteiger partial charge in [0.05, 0.1) is 0 Å². The van der Waals surface area contributed by atoms with Gasteiger partial charge in [-0.2, -0.15) is 0 Å². The van der Waals surface area contributed by atoms with Crippen LogP contribution in [0.4, 0.5) is 0 Å². The van der Waals surface area contributed by atoms with E-state index in [2.05, 4.69) is 56.6 Å². The lowest BCUT2D eigenvalue weighted by atomic mass is 10.5. The third kappa shape index (κ3) is 7.54. The lowest BCUT2D eigenvalue weighted by Gasteiger charge is -2.40. The standard InChI is InChI=1S/C18H47NO4Si5/c1-20-28(21-2,22-3)18-17-27(10,11)23-26(8,9)14-12-13-19-24(4,5)15-16-25(19,6)7/h12-18H2,1-11H3. The Morgan fingerprint density at radius 1 is 0.714 bits per heavy atom. The summed E-state index contributed by atoms with van der Waals surface area (Å²) in [6.45, 7) is 21.1. The van der Waals surface area contributed by atoms with Gasteiger partial charge in [-0.3, -0.25) is 0 Å². The molecule has 0 bridgehead atoms. The van der Waals surface area contributed by atoms with Crippen LogP contribution >= 0.6 is 0 Å². The van der Waals surface area contributed by atoms with Crippen molar-refractivity contribution in [3.05, 3.63) is 0 Å². The molecule has 1 saturated heterocycles. The van der Waals surface area contributed by atoms with Gasteiger partial charge in [-0.15, -0.1) is 0 Å². The molecule has 1 rings (SSSR count). The molecule has 0 unspecified atom stereocenters. The van der Waals surface area contributed by atoms with E-state index in [0.29, 0.717) is 0 Å². The molecule has 0 amide bonds. The topological polar surface area (TPSA) is 40.2 Å². The van der Waals surface area contributed by atoms with Gasteiger partial charge in [0, 0.05) is 27.4 Å². The highest BCUT2D eigenvalue weighted by Gasteiger charge is 2.47. The van der Waals surface area contributed by atoms with E-state index in [-0.39, 0.29) is 0 Å². The van der Waals surface area contributed by atoms with Gasteiger partial charge in [0.25, 0.3) is 0 Å². The summed E-state index contributed by atoms with van der Waals surface area (Å²) < 4.78 is 26.7. The van der Waals surface area contributed by atoms with Gasteiger partial charge in [0.2, 0.25) is 0 Å². The minimum Gasteiger partial charge on any atom is -0.456 e. The first-order chi connectivity index (χ1) is 12.6. The zero-order valence-electron chi connectivity index (χ0n) is 20.5. The van der Waals surface area contributed by atoms with Crippen LogP contribution in [0.2, 0.25) is 82.6 Å². The fourth-order valence-corrected chi connectivity index (χ4v) is 31.6. The monoisotopic (exact) mass is 481 g/mol. The first-order valence-corrected chi connectivity index (χ1v) is 25.2. The maximum atomic E-state index is 6.86. The van der Waals surface area contributed by atoms with Crippen molar-refractivity contribution in [1.82, 2.24) is 4.23 Å². The minimum atomic E-state index is -2.51. The fourth-order valence-electron chi connectivity index (χ4n) is 4.83. The van der Waals surface area contributed by atoms with E-state index in [0.717, 1.165) is 12.1 Å². The van der Waals surface area contributed by atoms with Crippen molar-refractivity contribution in [3.8, 4) is 0 Å². The smallest absolute Gasteiger partial charge is 0.456 e. The van der Waals surface area contributed by atoms with Crippen LogP contribution in [0.1, 0.15) is 6.42 Å². The molecular formula is C18H47NO4Si5. The third-order valence-corrected chi connectivity index (χ3v) is 27.6. The van der Waals surface area contributed by atoms with E-state index < -0.39 is 41.9 Å². The van der Waals surface area contributed by atoms with E-state index in [1.807, 2.05) is 0 Å². The first kappa shape index (κ1) is 26.9. The summed E-state index contributed by atoms with van der Waals surface area (Å²) in [7, 11) is -3.17. The highest BCUT2D eigenvalue weighted by atomic mass is 28.4. The average molecular weight is 482 g/mol. The molecule has 0 N–H and O–H groups in total. The molecule has 0 aromatic rings. The molecule has 0 radical (unpaired) electrons. The second kappa shape index (κ2) is 10.0. The fraction of sp³-hybridized carbons (Fsp3) is 1.00. The summed E-state index contributed by atoms with van der Waals surface area (Å²) in [6, 6.07) is 6.11. The molecule has 1 aliphatic heterocycles. The van der Waals surface area contributed by atoms with Gasteiger partial charge in [-0.1, -0.05) is 26.2 Å². The van der Waals surface area contributed by atoms with Crippen molar-refractivity contribution in [2.24, 2.45) is 0 Å². The maximum absolute atomic E-state index is 6.86. The molecule has 0 aliphatic carbocycles. The van der Waals surface area contributed by atoms with Crippen LogP contribution in [-0.2, 0) is 17.4 Å². The second-order valence-corrected chi connectivity index (χ2v) is 32.5. The summed E-state index contributed by atoms with van der Waals surface area (Å²) in [5, 5.41) is 0. The van der Waals surface area contributed by atoms with Crippen LogP contribution in [0.15, 0.2) is 0 Å². The van der Waals surface area contributed by atoms with Crippen LogP contribution < -0.4 is 0 Å². The first-order valence-electron chi connectivity index (χ1n) is 10.8. The molecule has 0 atom stereocenters. The molecule has 5 nitrogen and oxygen atoms in total. The van der Waals surface area contributed by atoms with Crippen molar-refractivity contribution in [2.75, 3.05) is 27.9 Å². The van der Waals surface area contributed by atoms with Gasteiger partial charge in [0.15, 0.2) is 16.6 Å². The number of rotatable bonds is 12. The van der Waals surface area contributed by atoms with Gasteiger partial charge >= 0.3 is 8.80 Å². The van der Waals surface area contributed by atoms with Gasteiger partial charge < -0.3 is 21.6 Å². The molecule has 10 heteroatoms. The van der Waals surface area contributed by atoms with Crippen LogP contribution in [0, 0.1) is 0 Å². The Morgan fingerprint density at radius 3 is 1.57 bits per heavy atom. The maximum Gasteiger partial charge on any atom is 0.499 e. The summed E-state index contributed by atoms with van der Waals surface area (Å²) in [5.41, 5.74) is 0. The van der Waals surface area contributed by atoms with Crippen molar-refractivity contribution in [2.45, 2.75) is 89.0 Å². The molecule has 0 spiro atoms. The van der Waals surface area contributed by atoms with Crippen molar-refractivity contribution < 1.29 is 17.4 Å². The SMILES string of the molecule is CO[Si](CC[Si](C)(C)O[Si](C)(C)CCCN1[Si](C)(C)CC[Si]1(C)C)(OC)OC. The Bertz CT molecular complexity index is 474. The molecule has 1 fully saturated rings. The lowest BCUT2D eigenvalue weighted by Crippen LogP contribution is -2.55. The number of hydrogen-bond donors (Lipinski definition) is 0. The summed E-state index contributed by atoms with van der Waals surface area (Å²) in [4.78, 5) is 0. The normalized spacial score (nSPS) is 20.7. The molecule has 28 heavy (non-hydrogen) atoms. The van der Waals surface area contributed by atoms with E-state index in [4.69, 9.17) is 17.4 Å². The van der Waals surface area contributed by atoms with Crippen molar-refractivity contribution >= 4 is 41.9 Å². The van der Waals surface area contributed by atoms with Gasteiger partial charge in [0.1, 0.15) is 16.5 Å². The lowest BCUT2D eigenvalue weighted by molar-refractivity contribution is 0.125. The Balaban J connectivity index is 2.58. The predicted molar refractivity (Wildman–Crippen MR) is 133 cm³/mol. The summed E-state index contributed by atoms with van der Waals surface area (Å²) in [6.07, 6.45) is 1.30. The Labute approximate surface area is 180 Å². The van der Waals surface area contributed by atoms with Crippen molar-refractivity contribution in [3.63, 3.8) is 0 Å². The highest BCUT2D eigenvalue weighted by molar-refractivity contribution is 6.95. The summed E-state index contributed by atoms with van der Waals surface area (Å²) >= 11 is 0. The summed E-state index contributed by atoms with van der Waals surface area (Å²) in [5.74, 6) is 0. The predicted octanol–water partition coefficient (Wildman–Crippen LogP) is 5.41. The zero-order valence-corrected chi connectivity index (χ0v) is 25.5. The minimum absolute atomic E-state index is 0.841. The molecule has 0 aromatic heterocycles.